The predicted molar refractivity (Wildman–Crippen MR) is 85.5 cm³/mol. The molecule has 0 saturated heterocycles. The van der Waals surface area contributed by atoms with E-state index in [1.165, 1.54) is 9.75 Å². The summed E-state index contributed by atoms with van der Waals surface area (Å²) in [4.78, 5) is 14.7. The summed E-state index contributed by atoms with van der Waals surface area (Å²) >= 11 is 7.80. The van der Waals surface area contributed by atoms with Crippen LogP contribution in [0.2, 0.25) is 5.02 Å². The van der Waals surface area contributed by atoms with Gasteiger partial charge in [-0.05, 0) is 44.5 Å². The van der Waals surface area contributed by atoms with Crippen LogP contribution in [0, 0.1) is 13.8 Å². The van der Waals surface area contributed by atoms with E-state index in [0.717, 1.165) is 5.56 Å². The monoisotopic (exact) mass is 308 g/mol. The first-order chi connectivity index (χ1) is 9.40. The zero-order chi connectivity index (χ0) is 14.9. The number of nitrogens with one attached hydrogen (secondary N) is 1. The Labute approximate surface area is 127 Å². The minimum absolute atomic E-state index is 0.0649. The first-order valence-electron chi connectivity index (χ1n) is 6.32. The molecule has 3 N–H and O–H groups in total. The molecule has 0 radical (unpaired) electrons. The second kappa shape index (κ2) is 5.85. The minimum atomic E-state index is -0.210. The van der Waals surface area contributed by atoms with Crippen molar-refractivity contribution in [2.24, 2.45) is 0 Å². The van der Waals surface area contributed by atoms with Gasteiger partial charge in [0.15, 0.2) is 0 Å². The van der Waals surface area contributed by atoms with Gasteiger partial charge in [0.1, 0.15) is 0 Å². The van der Waals surface area contributed by atoms with Crippen molar-refractivity contribution in [3.63, 3.8) is 0 Å². The minimum Gasteiger partial charge on any atom is -0.398 e. The number of hydrogen-bond donors (Lipinski definition) is 2. The van der Waals surface area contributed by atoms with Crippen molar-refractivity contribution < 1.29 is 4.79 Å². The van der Waals surface area contributed by atoms with Crippen molar-refractivity contribution in [2.75, 3.05) is 5.73 Å². The zero-order valence-electron chi connectivity index (χ0n) is 11.7. The zero-order valence-corrected chi connectivity index (χ0v) is 13.2. The van der Waals surface area contributed by atoms with Crippen LogP contribution in [0.15, 0.2) is 24.3 Å². The Morgan fingerprint density at radius 2 is 2.10 bits per heavy atom. The molecule has 3 nitrogen and oxygen atoms in total. The fourth-order valence-electron chi connectivity index (χ4n) is 2.16. The maximum Gasteiger partial charge on any atom is 0.253 e. The molecule has 1 atom stereocenters. The van der Waals surface area contributed by atoms with Gasteiger partial charge in [-0.15, -0.1) is 11.3 Å². The number of benzene rings is 1. The van der Waals surface area contributed by atoms with Gasteiger partial charge in [-0.3, -0.25) is 4.79 Å². The van der Waals surface area contributed by atoms with Crippen LogP contribution >= 0.6 is 22.9 Å². The second-order valence-electron chi connectivity index (χ2n) is 4.77. The summed E-state index contributed by atoms with van der Waals surface area (Å²) in [6, 6.07) is 7.11. The van der Waals surface area contributed by atoms with Crippen LogP contribution in [0.1, 0.15) is 38.6 Å². The molecule has 20 heavy (non-hydrogen) atoms. The van der Waals surface area contributed by atoms with Gasteiger partial charge in [0, 0.05) is 9.75 Å². The van der Waals surface area contributed by atoms with Crippen LogP contribution in [0.25, 0.3) is 0 Å². The van der Waals surface area contributed by atoms with Gasteiger partial charge in [-0.25, -0.2) is 0 Å². The van der Waals surface area contributed by atoms with Crippen molar-refractivity contribution in [2.45, 2.75) is 26.8 Å². The highest BCUT2D eigenvalue weighted by Gasteiger charge is 2.17. The third-order valence-corrected chi connectivity index (χ3v) is 4.57. The Balaban J connectivity index is 2.19. The summed E-state index contributed by atoms with van der Waals surface area (Å²) in [6.45, 7) is 6.08. The number of thiophene rings is 1. The molecule has 1 heterocycles. The van der Waals surface area contributed by atoms with E-state index >= 15 is 0 Å². The summed E-state index contributed by atoms with van der Waals surface area (Å²) in [5.41, 5.74) is 7.67. The summed E-state index contributed by atoms with van der Waals surface area (Å²) < 4.78 is 0. The summed E-state index contributed by atoms with van der Waals surface area (Å²) in [7, 11) is 0. The van der Waals surface area contributed by atoms with Crippen molar-refractivity contribution in [1.82, 2.24) is 5.32 Å². The van der Waals surface area contributed by atoms with Crippen LogP contribution in [-0.4, -0.2) is 5.91 Å². The van der Waals surface area contributed by atoms with Gasteiger partial charge in [0.25, 0.3) is 5.91 Å². The Hall–Kier alpha value is -1.52. The molecular weight excluding hydrogens is 292 g/mol. The second-order valence-corrected chi connectivity index (χ2v) is 6.61. The molecule has 1 unspecified atom stereocenters. The first kappa shape index (κ1) is 14.9. The standard InChI is InChI=1S/C15H17ClN2OS/c1-8-7-12(10(3)20-8)9(2)18-15(19)11-5-4-6-13(17)14(11)16/h4-7,9H,17H2,1-3H3,(H,18,19). The molecule has 0 aliphatic rings. The Morgan fingerprint density at radius 1 is 1.40 bits per heavy atom. The lowest BCUT2D eigenvalue weighted by Crippen LogP contribution is -2.27. The number of anilines is 1. The maximum absolute atomic E-state index is 12.3. The van der Waals surface area contributed by atoms with Crippen LogP contribution in [-0.2, 0) is 0 Å². The Bertz CT molecular complexity index is 651. The predicted octanol–water partition coefficient (Wildman–Crippen LogP) is 4.09. The number of nitrogens with two attached hydrogens (primary N) is 1. The highest BCUT2D eigenvalue weighted by atomic mass is 35.5. The molecule has 0 spiro atoms. The SMILES string of the molecule is Cc1cc(C(C)NC(=O)c2cccc(N)c2Cl)c(C)s1. The third kappa shape index (κ3) is 2.97. The smallest absolute Gasteiger partial charge is 0.253 e. The fourth-order valence-corrected chi connectivity index (χ4v) is 3.39. The highest BCUT2D eigenvalue weighted by molar-refractivity contribution is 7.12. The average molecular weight is 309 g/mol. The number of amides is 1. The van der Waals surface area contributed by atoms with E-state index in [4.69, 9.17) is 17.3 Å². The first-order valence-corrected chi connectivity index (χ1v) is 7.51. The fraction of sp³-hybridized carbons (Fsp3) is 0.267. The number of carbonyl (C=O) groups excluding carboxylic acids is 1. The van der Waals surface area contributed by atoms with E-state index in [0.29, 0.717) is 16.3 Å². The third-order valence-electron chi connectivity index (χ3n) is 3.17. The Kier molecular flexibility index (Phi) is 4.35. The van der Waals surface area contributed by atoms with E-state index in [1.807, 2.05) is 6.92 Å². The molecule has 0 saturated carbocycles. The van der Waals surface area contributed by atoms with Crippen LogP contribution in [0.5, 0.6) is 0 Å². The maximum atomic E-state index is 12.3. The van der Waals surface area contributed by atoms with Gasteiger partial charge in [0.05, 0.1) is 22.3 Å². The van der Waals surface area contributed by atoms with Crippen molar-refractivity contribution >= 4 is 34.5 Å². The van der Waals surface area contributed by atoms with Crippen molar-refractivity contribution in [1.29, 1.82) is 0 Å². The molecule has 1 amide bonds. The summed E-state index contributed by atoms with van der Waals surface area (Å²) in [5.74, 6) is -0.210. The molecule has 0 aliphatic heterocycles. The number of rotatable bonds is 3. The number of aryl methyl sites for hydroxylation is 2. The van der Waals surface area contributed by atoms with Gasteiger partial charge >= 0.3 is 0 Å². The lowest BCUT2D eigenvalue weighted by atomic mass is 10.1. The topological polar surface area (TPSA) is 55.1 Å². The average Bonchev–Trinajstić information content (AvgIpc) is 2.71. The molecule has 2 rings (SSSR count). The lowest BCUT2D eigenvalue weighted by molar-refractivity contribution is 0.0940. The van der Waals surface area contributed by atoms with E-state index in [1.54, 1.807) is 29.5 Å². The largest absolute Gasteiger partial charge is 0.398 e. The van der Waals surface area contributed by atoms with E-state index < -0.39 is 0 Å². The molecule has 1 aromatic heterocycles. The molecule has 0 bridgehead atoms. The van der Waals surface area contributed by atoms with Crippen molar-refractivity contribution in [3.05, 3.63) is 50.2 Å². The van der Waals surface area contributed by atoms with Gasteiger partial charge < -0.3 is 11.1 Å². The van der Waals surface area contributed by atoms with E-state index in [9.17, 15) is 4.79 Å². The molecule has 1 aromatic carbocycles. The van der Waals surface area contributed by atoms with E-state index in [2.05, 4.69) is 25.2 Å². The molecule has 0 aliphatic carbocycles. The number of carbonyl (C=O) groups is 1. The van der Waals surface area contributed by atoms with Gasteiger partial charge in [-0.1, -0.05) is 17.7 Å². The van der Waals surface area contributed by atoms with Crippen LogP contribution in [0.4, 0.5) is 5.69 Å². The normalized spacial score (nSPS) is 12.2. The quantitative estimate of drug-likeness (QED) is 0.839. The molecule has 106 valence electrons. The van der Waals surface area contributed by atoms with Gasteiger partial charge in [-0.2, -0.15) is 0 Å². The summed E-state index contributed by atoms with van der Waals surface area (Å²) in [6.07, 6.45) is 0. The van der Waals surface area contributed by atoms with Gasteiger partial charge in [0.2, 0.25) is 0 Å². The number of hydrogen-bond acceptors (Lipinski definition) is 3. The molecular formula is C15H17ClN2OS. The molecule has 2 aromatic rings. The summed E-state index contributed by atoms with van der Waals surface area (Å²) in [5, 5.41) is 3.26. The lowest BCUT2D eigenvalue weighted by Gasteiger charge is -2.15. The molecule has 0 fully saturated rings. The van der Waals surface area contributed by atoms with E-state index in [-0.39, 0.29) is 11.9 Å². The van der Waals surface area contributed by atoms with Crippen LogP contribution in [0.3, 0.4) is 0 Å². The van der Waals surface area contributed by atoms with Crippen LogP contribution < -0.4 is 11.1 Å². The highest BCUT2D eigenvalue weighted by Crippen LogP contribution is 2.27. The number of nitrogen functional groups attached to an aromatic ring is 1. The molecule has 5 heteroatoms. The van der Waals surface area contributed by atoms with Crippen molar-refractivity contribution in [3.8, 4) is 0 Å². The Morgan fingerprint density at radius 3 is 2.70 bits per heavy atom. The number of halogens is 1.